The van der Waals surface area contributed by atoms with E-state index >= 15 is 0 Å². The van der Waals surface area contributed by atoms with Crippen molar-refractivity contribution in [2.45, 2.75) is 5.88 Å². The third kappa shape index (κ3) is 1.76. The van der Waals surface area contributed by atoms with Gasteiger partial charge in [-0.05, 0) is 40.3 Å². The molecule has 54 valence electrons. The van der Waals surface area contributed by atoms with Crippen molar-refractivity contribution in [3.05, 3.63) is 27.3 Å². The van der Waals surface area contributed by atoms with Gasteiger partial charge in [0.1, 0.15) is 0 Å². The normalized spacial score (nSPS) is 9.80. The second-order valence-corrected chi connectivity index (χ2v) is 3.42. The van der Waals surface area contributed by atoms with Crippen molar-refractivity contribution in [1.82, 2.24) is 0 Å². The Bertz CT molecular complexity index is 237. The van der Waals surface area contributed by atoms with Crippen LogP contribution in [0.3, 0.4) is 0 Å². The van der Waals surface area contributed by atoms with Gasteiger partial charge in [0.15, 0.2) is 0 Å². The number of benzene rings is 1. The van der Waals surface area contributed by atoms with Crippen LogP contribution in [0.2, 0.25) is 0 Å². The van der Waals surface area contributed by atoms with Crippen molar-refractivity contribution in [1.29, 1.82) is 0 Å². The average molecular weight is 267 g/mol. The summed E-state index contributed by atoms with van der Waals surface area (Å²) >= 11 is 7.80. The summed E-state index contributed by atoms with van der Waals surface area (Å²) in [6.45, 7) is 0. The Morgan fingerprint density at radius 1 is 1.50 bits per heavy atom. The van der Waals surface area contributed by atoms with E-state index in [9.17, 15) is 0 Å². The zero-order valence-corrected chi connectivity index (χ0v) is 8.19. The summed E-state index contributed by atoms with van der Waals surface area (Å²) in [5.74, 6) is 0.552. The highest BCUT2D eigenvalue weighted by atomic mass is 127. The Kier molecular flexibility index (Phi) is 2.80. The van der Waals surface area contributed by atoms with Gasteiger partial charge in [0.2, 0.25) is 0 Å². The first-order chi connectivity index (χ1) is 4.74. The fraction of sp³-hybridized carbons (Fsp3) is 0.143. The number of nitrogen functional groups attached to an aromatic ring is 1. The Hall–Kier alpha value is 0.0400. The molecule has 0 heterocycles. The molecule has 10 heavy (non-hydrogen) atoms. The number of anilines is 1. The van der Waals surface area contributed by atoms with Crippen molar-refractivity contribution in [2.24, 2.45) is 0 Å². The largest absolute Gasteiger partial charge is 0.398 e. The van der Waals surface area contributed by atoms with E-state index in [1.54, 1.807) is 0 Å². The topological polar surface area (TPSA) is 26.0 Å². The zero-order chi connectivity index (χ0) is 7.56. The van der Waals surface area contributed by atoms with Crippen LogP contribution < -0.4 is 5.73 Å². The van der Waals surface area contributed by atoms with Crippen LogP contribution in [0.4, 0.5) is 5.69 Å². The van der Waals surface area contributed by atoms with Gasteiger partial charge in [-0.15, -0.1) is 11.6 Å². The van der Waals surface area contributed by atoms with E-state index in [-0.39, 0.29) is 0 Å². The SMILES string of the molecule is Nc1ccc(CCl)cc1I. The predicted molar refractivity (Wildman–Crippen MR) is 53.1 cm³/mol. The number of halogens is 2. The van der Waals surface area contributed by atoms with Gasteiger partial charge in [-0.3, -0.25) is 0 Å². The molecule has 0 aliphatic rings. The van der Waals surface area contributed by atoms with Crippen LogP contribution in [-0.4, -0.2) is 0 Å². The number of nitrogens with two attached hydrogens (primary N) is 1. The Morgan fingerprint density at radius 3 is 2.70 bits per heavy atom. The van der Waals surface area contributed by atoms with Crippen molar-refractivity contribution >= 4 is 39.9 Å². The zero-order valence-electron chi connectivity index (χ0n) is 5.27. The van der Waals surface area contributed by atoms with Gasteiger partial charge in [0, 0.05) is 15.1 Å². The third-order valence-electron chi connectivity index (χ3n) is 1.22. The minimum absolute atomic E-state index is 0.552. The molecule has 1 nitrogen and oxygen atoms in total. The Morgan fingerprint density at radius 2 is 2.20 bits per heavy atom. The molecule has 0 aliphatic carbocycles. The summed E-state index contributed by atoms with van der Waals surface area (Å²) in [4.78, 5) is 0. The number of alkyl halides is 1. The highest BCUT2D eigenvalue weighted by Gasteiger charge is 1.95. The lowest BCUT2D eigenvalue weighted by atomic mass is 10.2. The lowest BCUT2D eigenvalue weighted by molar-refractivity contribution is 1.39. The molecule has 0 radical (unpaired) electrons. The van der Waals surface area contributed by atoms with Crippen LogP contribution in [0.1, 0.15) is 5.56 Å². The minimum atomic E-state index is 0.552. The summed E-state index contributed by atoms with van der Waals surface area (Å²) in [5, 5.41) is 0. The van der Waals surface area contributed by atoms with Crippen LogP contribution >= 0.6 is 34.2 Å². The van der Waals surface area contributed by atoms with E-state index in [2.05, 4.69) is 22.6 Å². The van der Waals surface area contributed by atoms with Crippen LogP contribution in [0, 0.1) is 3.57 Å². The van der Waals surface area contributed by atoms with Crippen molar-refractivity contribution in [2.75, 3.05) is 5.73 Å². The third-order valence-corrected chi connectivity index (χ3v) is 2.46. The van der Waals surface area contributed by atoms with E-state index < -0.39 is 0 Å². The Labute approximate surface area is 78.7 Å². The average Bonchev–Trinajstić information content (AvgIpc) is 1.95. The number of hydrogen-bond donors (Lipinski definition) is 1. The van der Waals surface area contributed by atoms with Crippen LogP contribution in [0.5, 0.6) is 0 Å². The van der Waals surface area contributed by atoms with Gasteiger partial charge in [-0.25, -0.2) is 0 Å². The number of rotatable bonds is 1. The second kappa shape index (κ2) is 3.44. The number of hydrogen-bond acceptors (Lipinski definition) is 1. The molecule has 1 rings (SSSR count). The first-order valence-electron chi connectivity index (χ1n) is 2.84. The molecule has 0 unspecified atom stereocenters. The molecule has 3 heteroatoms. The van der Waals surface area contributed by atoms with Crippen LogP contribution in [0.15, 0.2) is 18.2 Å². The molecular weight excluding hydrogens is 260 g/mol. The minimum Gasteiger partial charge on any atom is -0.398 e. The second-order valence-electron chi connectivity index (χ2n) is 1.99. The van der Waals surface area contributed by atoms with Gasteiger partial charge >= 0.3 is 0 Å². The quantitative estimate of drug-likeness (QED) is 0.472. The molecule has 0 fully saturated rings. The molecule has 0 saturated carbocycles. The van der Waals surface area contributed by atoms with Crippen LogP contribution in [0.25, 0.3) is 0 Å². The maximum atomic E-state index is 5.61. The molecule has 0 atom stereocenters. The molecule has 2 N–H and O–H groups in total. The molecule has 0 saturated heterocycles. The molecular formula is C7H7ClIN. The highest BCUT2D eigenvalue weighted by molar-refractivity contribution is 14.1. The van der Waals surface area contributed by atoms with E-state index in [4.69, 9.17) is 17.3 Å². The summed E-state index contributed by atoms with van der Waals surface area (Å²) in [7, 11) is 0. The monoisotopic (exact) mass is 267 g/mol. The lowest BCUT2D eigenvalue weighted by Gasteiger charge is -1.98. The lowest BCUT2D eigenvalue weighted by Crippen LogP contribution is -1.89. The van der Waals surface area contributed by atoms with E-state index in [0.29, 0.717) is 5.88 Å². The van der Waals surface area contributed by atoms with Crippen LogP contribution in [-0.2, 0) is 5.88 Å². The van der Waals surface area contributed by atoms with Crippen molar-refractivity contribution in [3.63, 3.8) is 0 Å². The van der Waals surface area contributed by atoms with Gasteiger partial charge in [0.25, 0.3) is 0 Å². The van der Waals surface area contributed by atoms with Crippen molar-refractivity contribution in [3.8, 4) is 0 Å². The molecule has 0 aliphatic heterocycles. The van der Waals surface area contributed by atoms with E-state index in [0.717, 1.165) is 14.8 Å². The van der Waals surface area contributed by atoms with E-state index in [1.165, 1.54) is 0 Å². The molecule has 0 spiro atoms. The molecule has 0 amide bonds. The smallest absolute Gasteiger partial charge is 0.0474 e. The maximum absolute atomic E-state index is 5.61. The van der Waals surface area contributed by atoms with Gasteiger partial charge < -0.3 is 5.73 Å². The summed E-state index contributed by atoms with van der Waals surface area (Å²) in [6.07, 6.45) is 0. The Balaban J connectivity index is 3.04. The molecule has 1 aromatic carbocycles. The summed E-state index contributed by atoms with van der Waals surface area (Å²) in [5.41, 5.74) is 7.52. The molecule has 1 aromatic rings. The van der Waals surface area contributed by atoms with Gasteiger partial charge in [-0.2, -0.15) is 0 Å². The maximum Gasteiger partial charge on any atom is 0.0474 e. The molecule has 0 aromatic heterocycles. The van der Waals surface area contributed by atoms with Gasteiger partial charge in [0.05, 0.1) is 0 Å². The standard InChI is InChI=1S/C7H7ClIN/c8-4-5-1-2-7(10)6(9)3-5/h1-3H,4,10H2. The summed E-state index contributed by atoms with van der Waals surface area (Å²) in [6, 6.07) is 5.80. The summed E-state index contributed by atoms with van der Waals surface area (Å²) < 4.78 is 1.07. The molecule has 0 bridgehead atoms. The first-order valence-corrected chi connectivity index (χ1v) is 4.45. The van der Waals surface area contributed by atoms with Gasteiger partial charge in [-0.1, -0.05) is 6.07 Å². The first kappa shape index (κ1) is 8.14. The van der Waals surface area contributed by atoms with Crippen molar-refractivity contribution < 1.29 is 0 Å². The predicted octanol–water partition coefficient (Wildman–Crippen LogP) is 2.61. The highest BCUT2D eigenvalue weighted by Crippen LogP contribution is 2.16. The fourth-order valence-corrected chi connectivity index (χ4v) is 1.40. The fourth-order valence-electron chi connectivity index (χ4n) is 0.654. The van der Waals surface area contributed by atoms with E-state index in [1.807, 2.05) is 18.2 Å².